The number of carbonyl (C=O) groups excluding carboxylic acids is 1. The van der Waals surface area contributed by atoms with E-state index in [2.05, 4.69) is 10.3 Å². The Kier molecular flexibility index (Phi) is 3.55. The Balaban J connectivity index is 3.25. The van der Waals surface area contributed by atoms with Crippen LogP contribution in [0.15, 0.2) is 17.1 Å². The van der Waals surface area contributed by atoms with Crippen molar-refractivity contribution in [2.24, 2.45) is 4.99 Å². The molecule has 1 rings (SSSR count). The number of nitrogens with zero attached hydrogens (tertiary/aromatic N) is 1. The molecule has 0 fully saturated rings. The highest BCUT2D eigenvalue weighted by Crippen LogP contribution is 2.22. The predicted molar refractivity (Wildman–Crippen MR) is 58.4 cm³/mol. The highest BCUT2D eigenvalue weighted by atomic mass is 19.1. The van der Waals surface area contributed by atoms with Gasteiger partial charge in [-0.1, -0.05) is 0 Å². The van der Waals surface area contributed by atoms with Gasteiger partial charge in [0.1, 0.15) is 5.82 Å². The SMILES string of the molecule is CC=Nc1cc(F)c(C(=O)NC)cc1C. The number of amides is 1. The van der Waals surface area contributed by atoms with E-state index < -0.39 is 11.7 Å². The first-order chi connectivity index (χ1) is 7.10. The molecule has 0 saturated carbocycles. The molecule has 1 amide bonds. The second-order valence-corrected chi connectivity index (χ2v) is 3.08. The summed E-state index contributed by atoms with van der Waals surface area (Å²) in [6, 6.07) is 2.76. The Hall–Kier alpha value is -1.71. The minimum atomic E-state index is -0.555. The zero-order valence-corrected chi connectivity index (χ0v) is 8.97. The Bertz CT molecular complexity index is 413. The molecule has 0 aliphatic heterocycles. The summed E-state index contributed by atoms with van der Waals surface area (Å²) < 4.78 is 13.5. The van der Waals surface area contributed by atoms with Gasteiger partial charge in [-0.05, 0) is 25.5 Å². The van der Waals surface area contributed by atoms with Crippen LogP contribution < -0.4 is 5.32 Å². The number of aryl methyl sites for hydroxylation is 1. The zero-order chi connectivity index (χ0) is 11.4. The van der Waals surface area contributed by atoms with Crippen molar-refractivity contribution in [1.29, 1.82) is 0 Å². The van der Waals surface area contributed by atoms with Crippen molar-refractivity contribution in [3.8, 4) is 0 Å². The van der Waals surface area contributed by atoms with Crippen LogP contribution in [0.1, 0.15) is 22.8 Å². The predicted octanol–water partition coefficient (Wildman–Crippen LogP) is 2.22. The Morgan fingerprint density at radius 1 is 1.53 bits per heavy atom. The number of nitrogens with one attached hydrogen (secondary N) is 1. The van der Waals surface area contributed by atoms with Crippen molar-refractivity contribution in [2.75, 3.05) is 7.05 Å². The molecule has 15 heavy (non-hydrogen) atoms. The highest BCUT2D eigenvalue weighted by Gasteiger charge is 2.12. The van der Waals surface area contributed by atoms with Crippen LogP contribution in [0.5, 0.6) is 0 Å². The summed E-state index contributed by atoms with van der Waals surface area (Å²) in [7, 11) is 1.47. The summed E-state index contributed by atoms with van der Waals surface area (Å²) in [5.41, 5.74) is 1.36. The van der Waals surface area contributed by atoms with Gasteiger partial charge in [0.15, 0.2) is 0 Å². The lowest BCUT2D eigenvalue weighted by Crippen LogP contribution is -2.19. The van der Waals surface area contributed by atoms with Gasteiger partial charge < -0.3 is 5.32 Å². The van der Waals surface area contributed by atoms with Gasteiger partial charge in [0.25, 0.3) is 5.91 Å². The van der Waals surface area contributed by atoms with Gasteiger partial charge in [0.2, 0.25) is 0 Å². The number of aliphatic imine (C=N–C) groups is 1. The van der Waals surface area contributed by atoms with Gasteiger partial charge in [-0.2, -0.15) is 0 Å². The van der Waals surface area contributed by atoms with E-state index in [9.17, 15) is 9.18 Å². The molecule has 0 saturated heterocycles. The highest BCUT2D eigenvalue weighted by molar-refractivity contribution is 5.95. The van der Waals surface area contributed by atoms with Crippen molar-refractivity contribution < 1.29 is 9.18 Å². The lowest BCUT2D eigenvalue weighted by molar-refractivity contribution is 0.0959. The van der Waals surface area contributed by atoms with E-state index in [1.165, 1.54) is 19.2 Å². The number of halogens is 1. The zero-order valence-electron chi connectivity index (χ0n) is 8.97. The third kappa shape index (κ3) is 2.40. The Morgan fingerprint density at radius 3 is 2.73 bits per heavy atom. The van der Waals surface area contributed by atoms with Crippen molar-refractivity contribution in [3.05, 3.63) is 29.1 Å². The van der Waals surface area contributed by atoms with Crippen molar-refractivity contribution in [3.63, 3.8) is 0 Å². The molecule has 3 nitrogen and oxygen atoms in total. The molecule has 0 bridgehead atoms. The summed E-state index contributed by atoms with van der Waals surface area (Å²) in [5.74, 6) is -0.983. The molecule has 1 N–H and O–H groups in total. The fraction of sp³-hybridized carbons (Fsp3) is 0.273. The molecular weight excluding hydrogens is 195 g/mol. The van der Waals surface area contributed by atoms with E-state index in [0.717, 1.165) is 5.56 Å². The van der Waals surface area contributed by atoms with Crippen LogP contribution in [0.4, 0.5) is 10.1 Å². The maximum Gasteiger partial charge on any atom is 0.254 e. The average Bonchev–Trinajstić information content (AvgIpc) is 2.22. The number of benzene rings is 1. The van der Waals surface area contributed by atoms with Crippen molar-refractivity contribution in [2.45, 2.75) is 13.8 Å². The fourth-order valence-electron chi connectivity index (χ4n) is 1.26. The molecule has 0 atom stereocenters. The molecule has 0 radical (unpaired) electrons. The summed E-state index contributed by atoms with van der Waals surface area (Å²) in [6.45, 7) is 3.54. The quantitative estimate of drug-likeness (QED) is 0.744. The summed E-state index contributed by atoms with van der Waals surface area (Å²) in [4.78, 5) is 15.3. The van der Waals surface area contributed by atoms with Crippen molar-refractivity contribution >= 4 is 17.8 Å². The molecule has 0 aliphatic rings. The fourth-order valence-corrected chi connectivity index (χ4v) is 1.26. The monoisotopic (exact) mass is 208 g/mol. The maximum atomic E-state index is 13.5. The lowest BCUT2D eigenvalue weighted by atomic mass is 10.1. The molecule has 0 aliphatic carbocycles. The third-order valence-corrected chi connectivity index (χ3v) is 2.03. The van der Waals surface area contributed by atoms with Crippen LogP contribution in [0, 0.1) is 12.7 Å². The van der Waals surface area contributed by atoms with Gasteiger partial charge >= 0.3 is 0 Å². The van der Waals surface area contributed by atoms with E-state index in [4.69, 9.17) is 0 Å². The maximum absolute atomic E-state index is 13.5. The topological polar surface area (TPSA) is 41.5 Å². The molecule has 4 heteroatoms. The molecule has 0 spiro atoms. The smallest absolute Gasteiger partial charge is 0.254 e. The second kappa shape index (κ2) is 4.68. The van der Waals surface area contributed by atoms with E-state index in [-0.39, 0.29) is 5.56 Å². The van der Waals surface area contributed by atoms with Gasteiger partial charge in [-0.25, -0.2) is 4.39 Å². The third-order valence-electron chi connectivity index (χ3n) is 2.03. The minimum Gasteiger partial charge on any atom is -0.355 e. The molecule has 1 aromatic rings. The number of rotatable bonds is 2. The van der Waals surface area contributed by atoms with Crippen LogP contribution in [0.3, 0.4) is 0 Å². The molecule has 80 valence electrons. The Morgan fingerprint density at radius 2 is 2.20 bits per heavy atom. The summed E-state index contributed by atoms with van der Waals surface area (Å²) >= 11 is 0. The molecule has 0 heterocycles. The minimum absolute atomic E-state index is 0.0463. The molecular formula is C11H13FN2O. The lowest BCUT2D eigenvalue weighted by Gasteiger charge is -2.05. The van der Waals surface area contributed by atoms with Crippen LogP contribution in [0.2, 0.25) is 0 Å². The largest absolute Gasteiger partial charge is 0.355 e. The van der Waals surface area contributed by atoms with Crippen molar-refractivity contribution in [1.82, 2.24) is 5.32 Å². The summed E-state index contributed by atoms with van der Waals surface area (Å²) in [6.07, 6.45) is 1.58. The van der Waals surface area contributed by atoms with Gasteiger partial charge in [-0.15, -0.1) is 0 Å². The normalized spacial score (nSPS) is 10.7. The van der Waals surface area contributed by atoms with E-state index in [0.29, 0.717) is 5.69 Å². The van der Waals surface area contributed by atoms with Crippen LogP contribution in [0.25, 0.3) is 0 Å². The first-order valence-electron chi connectivity index (χ1n) is 4.61. The van der Waals surface area contributed by atoms with Crippen LogP contribution in [-0.2, 0) is 0 Å². The van der Waals surface area contributed by atoms with E-state index in [1.54, 1.807) is 20.1 Å². The average molecular weight is 208 g/mol. The second-order valence-electron chi connectivity index (χ2n) is 3.08. The molecule has 0 unspecified atom stereocenters. The van der Waals surface area contributed by atoms with Gasteiger partial charge in [0.05, 0.1) is 11.3 Å². The number of hydrogen-bond donors (Lipinski definition) is 1. The van der Waals surface area contributed by atoms with Crippen LogP contribution in [-0.4, -0.2) is 19.2 Å². The number of hydrogen-bond acceptors (Lipinski definition) is 2. The first-order valence-corrected chi connectivity index (χ1v) is 4.61. The standard InChI is InChI=1S/C11H13FN2O/c1-4-14-10-6-9(12)8(5-7(10)2)11(15)13-3/h4-6H,1-3H3,(H,13,15). The van der Waals surface area contributed by atoms with E-state index in [1.807, 2.05) is 0 Å². The molecule has 1 aromatic carbocycles. The molecule has 0 aromatic heterocycles. The summed E-state index contributed by atoms with van der Waals surface area (Å²) in [5, 5.41) is 2.38. The Labute approximate surface area is 88.0 Å². The van der Waals surface area contributed by atoms with Gasteiger partial charge in [-0.3, -0.25) is 9.79 Å². The first kappa shape index (κ1) is 11.4. The van der Waals surface area contributed by atoms with Crippen LogP contribution >= 0.6 is 0 Å². The van der Waals surface area contributed by atoms with Gasteiger partial charge in [0, 0.05) is 19.3 Å². The van der Waals surface area contributed by atoms with E-state index >= 15 is 0 Å². The number of carbonyl (C=O) groups is 1.